The molecule has 14 heteroatoms. The zero-order valence-electron chi connectivity index (χ0n) is 19.2. The Balaban J connectivity index is 1.34. The molecule has 5 rings (SSSR count). The van der Waals surface area contributed by atoms with Gasteiger partial charge in [-0.2, -0.15) is 0 Å². The van der Waals surface area contributed by atoms with Crippen LogP contribution in [0.3, 0.4) is 0 Å². The van der Waals surface area contributed by atoms with E-state index in [4.69, 9.17) is 15.3 Å². The number of carboxylic acids is 1. The molecule has 5 heterocycles. The molecule has 3 aliphatic rings. The molecule has 2 aromatic heterocycles. The predicted molar refractivity (Wildman–Crippen MR) is 130 cm³/mol. The summed E-state index contributed by atoms with van der Waals surface area (Å²) in [5.74, 6) is -1.12. The number of hydrogen-bond donors (Lipinski definition) is 3. The normalized spacial score (nSPS) is 21.2. The van der Waals surface area contributed by atoms with Crippen molar-refractivity contribution in [2.75, 3.05) is 25.2 Å². The van der Waals surface area contributed by atoms with Crippen LogP contribution in [0.25, 0.3) is 0 Å². The van der Waals surface area contributed by atoms with Gasteiger partial charge in [-0.3, -0.25) is 14.5 Å². The number of oxime groups is 1. The van der Waals surface area contributed by atoms with Gasteiger partial charge in [-0.1, -0.05) is 5.16 Å². The number of nitrogen functional groups attached to an aromatic ring is 1. The second kappa shape index (κ2) is 9.78. The molecule has 1 saturated heterocycles. The van der Waals surface area contributed by atoms with E-state index in [-0.39, 0.29) is 22.2 Å². The molecule has 0 bridgehead atoms. The first-order chi connectivity index (χ1) is 17.4. The Kier molecular flexibility index (Phi) is 6.53. The van der Waals surface area contributed by atoms with Crippen molar-refractivity contribution in [3.05, 3.63) is 46.4 Å². The van der Waals surface area contributed by atoms with Gasteiger partial charge in [0.15, 0.2) is 29.8 Å². The number of ether oxygens (including phenoxy) is 1. The topological polar surface area (TPSA) is 160 Å². The van der Waals surface area contributed by atoms with E-state index in [1.807, 2.05) is 23.0 Å². The van der Waals surface area contributed by atoms with Crippen LogP contribution in [0.4, 0.5) is 5.13 Å². The smallest absolute Gasteiger partial charge is 0.352 e. The number of amides is 2. The van der Waals surface area contributed by atoms with Gasteiger partial charge < -0.3 is 25.7 Å². The van der Waals surface area contributed by atoms with Crippen LogP contribution in [-0.4, -0.2) is 69.4 Å². The number of rotatable bonds is 7. The van der Waals surface area contributed by atoms with Gasteiger partial charge in [0.2, 0.25) is 0 Å². The van der Waals surface area contributed by atoms with E-state index >= 15 is 0 Å². The van der Waals surface area contributed by atoms with Gasteiger partial charge in [0.05, 0.1) is 12.2 Å². The molecule has 0 saturated carbocycles. The van der Waals surface area contributed by atoms with Crippen LogP contribution >= 0.6 is 23.1 Å². The van der Waals surface area contributed by atoms with Crippen molar-refractivity contribution in [3.63, 3.8) is 0 Å². The molecule has 2 amide bonds. The highest BCUT2D eigenvalue weighted by Crippen LogP contribution is 2.40. The van der Waals surface area contributed by atoms with Crippen molar-refractivity contribution in [3.8, 4) is 5.75 Å². The number of hydrogen-bond acceptors (Lipinski definition) is 10. The van der Waals surface area contributed by atoms with E-state index in [0.29, 0.717) is 24.5 Å². The number of carbonyl (C=O) groups excluding carboxylic acids is 2. The van der Waals surface area contributed by atoms with Crippen LogP contribution in [0.2, 0.25) is 0 Å². The SMILES string of the molecule is CO/N=C(\C(=O)N[C@@H]1C(=O)N2C(C(=O)O)=C(C[n+]3ccc4c(c3)CCCO4)CS[C@H]12)c1csc(N)n1. The lowest BCUT2D eigenvalue weighted by atomic mass is 10.0. The second-order valence-electron chi connectivity index (χ2n) is 8.27. The number of thiazole rings is 1. The van der Waals surface area contributed by atoms with Gasteiger partial charge in [-0.15, -0.1) is 23.1 Å². The second-order valence-corrected chi connectivity index (χ2v) is 10.3. The molecule has 188 valence electrons. The zero-order valence-corrected chi connectivity index (χ0v) is 20.8. The van der Waals surface area contributed by atoms with Crippen molar-refractivity contribution in [1.29, 1.82) is 0 Å². The van der Waals surface area contributed by atoms with Crippen molar-refractivity contribution in [1.82, 2.24) is 15.2 Å². The fraction of sp³-hybridized carbons (Fsp3) is 0.364. The Morgan fingerprint density at radius 3 is 3.03 bits per heavy atom. The fourth-order valence-corrected chi connectivity index (χ4v) is 6.26. The number of anilines is 1. The standard InChI is InChI=1S/C22H22N6O6S2/c1-33-26-15(13-10-36-22(23)24-13)18(29)25-16-19(30)28-17(21(31)32)12(9-35-20(16)28)8-27-5-4-14-11(7-27)3-2-6-34-14/h4-5,7,10,16,20H,2-3,6,8-9H2,1H3,(H3-,23,24,25,29,31,32)/p+1/b26-15-/t16-,20-/m1/s1. The Morgan fingerprint density at radius 2 is 2.31 bits per heavy atom. The summed E-state index contributed by atoms with van der Waals surface area (Å²) >= 11 is 2.53. The molecule has 36 heavy (non-hydrogen) atoms. The summed E-state index contributed by atoms with van der Waals surface area (Å²) in [5, 5.41) is 17.6. The number of aliphatic carboxylic acids is 1. The summed E-state index contributed by atoms with van der Waals surface area (Å²) in [6.07, 6.45) is 5.63. The molecule has 4 N–H and O–H groups in total. The summed E-state index contributed by atoms with van der Waals surface area (Å²) in [6.45, 7) is 1.01. The van der Waals surface area contributed by atoms with Crippen molar-refractivity contribution < 1.29 is 33.6 Å². The molecule has 2 atom stereocenters. The van der Waals surface area contributed by atoms with Crippen LogP contribution in [0.1, 0.15) is 17.7 Å². The summed E-state index contributed by atoms with van der Waals surface area (Å²) in [7, 11) is 1.29. The van der Waals surface area contributed by atoms with Crippen LogP contribution in [-0.2, 0) is 32.2 Å². The van der Waals surface area contributed by atoms with Gasteiger partial charge in [0.1, 0.15) is 35.7 Å². The van der Waals surface area contributed by atoms with Gasteiger partial charge in [-0.05, 0) is 12.8 Å². The summed E-state index contributed by atoms with van der Waals surface area (Å²) < 4.78 is 7.56. The monoisotopic (exact) mass is 531 g/mol. The number of carboxylic acid groups (broad SMARTS) is 1. The summed E-state index contributed by atoms with van der Waals surface area (Å²) in [5.41, 5.74) is 7.39. The van der Waals surface area contributed by atoms with E-state index in [1.54, 1.807) is 5.38 Å². The highest BCUT2D eigenvalue weighted by molar-refractivity contribution is 8.00. The first-order valence-electron chi connectivity index (χ1n) is 11.1. The fourth-order valence-electron chi connectivity index (χ4n) is 4.38. The third-order valence-corrected chi connectivity index (χ3v) is 7.99. The molecule has 0 radical (unpaired) electrons. The van der Waals surface area contributed by atoms with Gasteiger partial charge in [0.25, 0.3) is 11.8 Å². The summed E-state index contributed by atoms with van der Waals surface area (Å²) in [6, 6.07) is 0.967. The third kappa shape index (κ3) is 4.37. The molecule has 2 aromatic rings. The average molecular weight is 532 g/mol. The number of nitrogens with two attached hydrogens (primary N) is 1. The maximum absolute atomic E-state index is 13.0. The average Bonchev–Trinajstić information content (AvgIpc) is 3.30. The predicted octanol–water partition coefficient (Wildman–Crippen LogP) is 0.127. The molecule has 0 aliphatic carbocycles. The molecule has 0 unspecified atom stereocenters. The lowest BCUT2D eigenvalue weighted by Gasteiger charge is -2.49. The molecular weight excluding hydrogens is 508 g/mol. The van der Waals surface area contributed by atoms with Crippen LogP contribution in [0.5, 0.6) is 5.75 Å². The minimum Gasteiger partial charge on any atom is -0.493 e. The maximum atomic E-state index is 13.0. The molecular formula is C22H23N6O6S2+. The lowest BCUT2D eigenvalue weighted by Crippen LogP contribution is -2.71. The Morgan fingerprint density at radius 1 is 1.47 bits per heavy atom. The van der Waals surface area contributed by atoms with E-state index in [0.717, 1.165) is 35.5 Å². The quantitative estimate of drug-likeness (QED) is 0.195. The highest BCUT2D eigenvalue weighted by atomic mass is 32.2. The number of fused-ring (bicyclic) bond motifs is 2. The molecule has 1 fully saturated rings. The van der Waals surface area contributed by atoms with E-state index in [2.05, 4.69) is 15.5 Å². The largest absolute Gasteiger partial charge is 0.493 e. The van der Waals surface area contributed by atoms with Gasteiger partial charge in [0, 0.05) is 22.8 Å². The first kappa shape index (κ1) is 24.1. The first-order valence-corrected chi connectivity index (χ1v) is 13.0. The van der Waals surface area contributed by atoms with Gasteiger partial charge in [-0.25, -0.2) is 14.3 Å². The molecule has 0 spiro atoms. The minimum atomic E-state index is -1.19. The van der Waals surface area contributed by atoms with Gasteiger partial charge >= 0.3 is 5.97 Å². The zero-order chi connectivity index (χ0) is 25.4. The van der Waals surface area contributed by atoms with Crippen molar-refractivity contribution in [2.45, 2.75) is 30.8 Å². The maximum Gasteiger partial charge on any atom is 0.352 e. The Bertz CT molecular complexity index is 1310. The number of nitrogens with zero attached hydrogens (tertiary/aromatic N) is 4. The minimum absolute atomic E-state index is 0.0474. The number of pyridine rings is 1. The molecule has 12 nitrogen and oxygen atoms in total. The molecule has 3 aliphatic heterocycles. The van der Waals surface area contributed by atoms with Crippen LogP contribution < -0.4 is 20.4 Å². The van der Waals surface area contributed by atoms with E-state index in [1.165, 1.54) is 23.8 Å². The number of nitrogens with one attached hydrogen (secondary N) is 1. The van der Waals surface area contributed by atoms with Crippen molar-refractivity contribution >= 4 is 51.7 Å². The van der Waals surface area contributed by atoms with Crippen molar-refractivity contribution in [2.24, 2.45) is 5.16 Å². The number of carbonyl (C=O) groups is 3. The lowest BCUT2D eigenvalue weighted by molar-refractivity contribution is -0.689. The Hall–Kier alpha value is -3.65. The number of aryl methyl sites for hydroxylation is 1. The number of aromatic nitrogens is 2. The van der Waals surface area contributed by atoms with E-state index in [9.17, 15) is 19.5 Å². The molecule has 0 aromatic carbocycles. The summed E-state index contributed by atoms with van der Waals surface area (Å²) in [4.78, 5) is 48.2. The highest BCUT2D eigenvalue weighted by Gasteiger charge is 2.54. The Labute approximate surface area is 213 Å². The third-order valence-electron chi connectivity index (χ3n) is 5.98. The van der Waals surface area contributed by atoms with E-state index < -0.39 is 29.2 Å². The number of β-lactam (4-membered cyclic amide) rings is 1. The van der Waals surface area contributed by atoms with Crippen LogP contribution in [0.15, 0.2) is 40.3 Å². The number of thioether (sulfide) groups is 1. The van der Waals surface area contributed by atoms with Crippen LogP contribution in [0, 0.1) is 0 Å².